The molecule has 3 aliphatic carbocycles. The zero-order chi connectivity index (χ0) is 68.6. The van der Waals surface area contributed by atoms with Crippen molar-refractivity contribution in [3.8, 4) is 0 Å². The zero-order valence-corrected chi connectivity index (χ0v) is 56.0. The number of aromatic amines is 3. The maximum Gasteiger partial charge on any atom is 0.335 e. The highest BCUT2D eigenvalue weighted by Gasteiger charge is 2.49. The number of fused-ring (bicyclic) bond motifs is 6. The Hall–Kier alpha value is -10.7. The van der Waals surface area contributed by atoms with E-state index in [4.69, 9.17) is 0 Å². The predicted octanol–water partition coefficient (Wildman–Crippen LogP) is 8.66. The number of carbonyl (C=O) groups excluding carboxylic acids is 4. The lowest BCUT2D eigenvalue weighted by atomic mass is 9.62. The van der Waals surface area contributed by atoms with Gasteiger partial charge in [-0.05, 0) is 196 Å². The second kappa shape index (κ2) is 26.8. The number of carbonyl (C=O) groups is 6. The Kier molecular flexibility index (Phi) is 18.9. The summed E-state index contributed by atoms with van der Waals surface area (Å²) >= 11 is 0. The molecule has 3 heterocycles. The Labute approximate surface area is 550 Å². The van der Waals surface area contributed by atoms with E-state index in [9.17, 15) is 39.0 Å². The summed E-state index contributed by atoms with van der Waals surface area (Å²) < 4.78 is 0. The Bertz CT molecular complexity index is 3990. The molecule has 4 amide bonds. The fourth-order valence-corrected chi connectivity index (χ4v) is 14.3. The summed E-state index contributed by atoms with van der Waals surface area (Å²) in [7, 11) is 14.0. The number of aromatic carboxylic acids is 2. The molecule has 0 unspecified atom stereocenters. The summed E-state index contributed by atoms with van der Waals surface area (Å²) in [5.41, 5.74) is 12.8. The van der Waals surface area contributed by atoms with Crippen molar-refractivity contribution in [3.05, 3.63) is 227 Å². The van der Waals surface area contributed by atoms with Gasteiger partial charge in [0.2, 0.25) is 0 Å². The van der Waals surface area contributed by atoms with E-state index in [0.29, 0.717) is 77.2 Å². The van der Waals surface area contributed by atoms with Crippen LogP contribution >= 0.6 is 0 Å². The van der Waals surface area contributed by atoms with E-state index in [0.717, 1.165) is 79.6 Å². The van der Waals surface area contributed by atoms with E-state index in [2.05, 4.69) is 103 Å². The molecule has 95 heavy (non-hydrogen) atoms. The van der Waals surface area contributed by atoms with Gasteiger partial charge in [0.1, 0.15) is 0 Å². The van der Waals surface area contributed by atoms with Crippen molar-refractivity contribution in [2.24, 2.45) is 17.8 Å². The highest BCUT2D eigenvalue weighted by atomic mass is 16.4. The second-order valence-corrected chi connectivity index (χ2v) is 26.9. The SMILES string of the molecule is CC(C)CC1(c2nn[nH]n2)c2ccc(C(=O)N(C)C)cc2Cc2cc(C(=O)N(C)C)ccc21.CC(C)CC1(c2nn[nH]n2)c2ccc(C(=O)N(C)C)cc2Cc2cc(C(=O)N(C)C)ccc21.CC(C)CC1(c2nn[nH]n2)c2ccc(C(=O)O)cc2Cc2cc(C(=O)O)ccc21. The molecular weight excluding hydrogens is 1200 g/mol. The first-order chi connectivity index (χ1) is 45.1. The quantitative estimate of drug-likeness (QED) is 0.0641. The predicted molar refractivity (Wildman–Crippen MR) is 354 cm³/mol. The average Bonchev–Trinajstić information content (AvgIpc) is 1.55. The molecule has 3 aliphatic rings. The first-order valence-corrected chi connectivity index (χ1v) is 31.5. The molecule has 0 bridgehead atoms. The summed E-state index contributed by atoms with van der Waals surface area (Å²) in [4.78, 5) is 80.1. The standard InChI is InChI=1S/2C25H30N6O2.C21H20N4O4/c2*1-15(2)14-25(24-26-28-29-27-24)20-9-7-16(22(32)30(3)4)11-18(20)13-19-12-17(8-10-21(19)25)23(33)31(5)6;1-11(2)10-21(20-22-24-25-23-20)16-5-3-12(18(26)27)7-14(16)9-15-8-13(19(28)29)4-6-17(15)21/h2*7-12,15H,13-14H2,1-6H3,(H,26,27,28,29);3-8,11H,9-10H2,1-2H3,(H,26,27)(H,28,29)(H,22,23,24,25). The van der Waals surface area contributed by atoms with Crippen molar-refractivity contribution in [2.45, 2.75) is 96.3 Å². The van der Waals surface area contributed by atoms with Gasteiger partial charge in [-0.2, -0.15) is 15.6 Å². The van der Waals surface area contributed by atoms with Crippen molar-refractivity contribution < 1.29 is 39.0 Å². The molecule has 0 atom stereocenters. The lowest BCUT2D eigenvalue weighted by molar-refractivity contribution is 0.0686. The van der Waals surface area contributed by atoms with E-state index in [1.165, 1.54) is 0 Å². The molecule has 6 aromatic carbocycles. The van der Waals surface area contributed by atoms with Crippen LogP contribution in [-0.4, -0.2) is 184 Å². The third kappa shape index (κ3) is 12.6. The van der Waals surface area contributed by atoms with Crippen molar-refractivity contribution >= 4 is 35.6 Å². The lowest BCUT2D eigenvalue weighted by Crippen LogP contribution is -2.38. The Morgan fingerprint density at radius 3 is 0.726 bits per heavy atom. The van der Waals surface area contributed by atoms with Gasteiger partial charge in [0.05, 0.1) is 27.4 Å². The monoisotopic (exact) mass is 1280 g/mol. The minimum Gasteiger partial charge on any atom is -0.478 e. The van der Waals surface area contributed by atoms with E-state index in [1.54, 1.807) is 100 Å². The number of carboxylic acids is 2. The van der Waals surface area contributed by atoms with Crippen molar-refractivity contribution in [1.82, 2.24) is 81.5 Å². The minimum absolute atomic E-state index is 0.0471. The Balaban J connectivity index is 0.000000156. The van der Waals surface area contributed by atoms with Crippen LogP contribution in [0.2, 0.25) is 0 Å². The zero-order valence-electron chi connectivity index (χ0n) is 56.0. The number of hydrogen-bond donors (Lipinski definition) is 5. The van der Waals surface area contributed by atoms with Gasteiger partial charge in [-0.25, -0.2) is 9.59 Å². The van der Waals surface area contributed by atoms with Crippen LogP contribution in [-0.2, 0) is 35.5 Å². The number of nitrogens with zero attached hydrogens (tertiary/aromatic N) is 13. The van der Waals surface area contributed by atoms with Crippen molar-refractivity contribution in [2.75, 3.05) is 56.4 Å². The largest absolute Gasteiger partial charge is 0.478 e. The molecule has 0 fully saturated rings. The number of hydrogen-bond acceptors (Lipinski definition) is 15. The van der Waals surface area contributed by atoms with Gasteiger partial charge in [0, 0.05) is 78.6 Å². The smallest absolute Gasteiger partial charge is 0.335 e. The van der Waals surface area contributed by atoms with Crippen LogP contribution in [0, 0.1) is 17.8 Å². The van der Waals surface area contributed by atoms with Gasteiger partial charge in [0.15, 0.2) is 17.5 Å². The van der Waals surface area contributed by atoms with E-state index >= 15 is 0 Å². The van der Waals surface area contributed by atoms with E-state index < -0.39 is 28.2 Å². The van der Waals surface area contributed by atoms with Gasteiger partial charge in [-0.3, -0.25) is 19.2 Å². The number of rotatable bonds is 15. The second-order valence-electron chi connectivity index (χ2n) is 26.9. The van der Waals surface area contributed by atoms with Crippen LogP contribution in [0.1, 0.15) is 207 Å². The van der Waals surface area contributed by atoms with Gasteiger partial charge in [0.25, 0.3) is 23.6 Å². The first-order valence-electron chi connectivity index (χ1n) is 31.5. The number of H-pyrrole nitrogens is 3. The molecule has 3 aromatic heterocycles. The highest BCUT2D eigenvalue weighted by molar-refractivity contribution is 5.97. The summed E-state index contributed by atoms with van der Waals surface area (Å²) in [6.45, 7) is 12.9. The Morgan fingerprint density at radius 1 is 0.358 bits per heavy atom. The van der Waals surface area contributed by atoms with Gasteiger partial charge in [-0.1, -0.05) is 93.6 Å². The van der Waals surface area contributed by atoms with Crippen LogP contribution in [0.4, 0.5) is 0 Å². The van der Waals surface area contributed by atoms with Crippen LogP contribution in [0.3, 0.4) is 0 Å². The normalized spacial score (nSPS) is 14.0. The summed E-state index contributed by atoms with van der Waals surface area (Å²) in [5.74, 6) is 0.381. The van der Waals surface area contributed by atoms with Crippen LogP contribution < -0.4 is 0 Å². The Morgan fingerprint density at radius 2 is 0.558 bits per heavy atom. The molecule has 0 saturated heterocycles. The van der Waals surface area contributed by atoms with Crippen LogP contribution in [0.25, 0.3) is 0 Å². The molecule has 12 rings (SSSR count). The lowest BCUT2D eigenvalue weighted by Gasteiger charge is -2.40. The molecular formula is C71H80N16O8. The fourth-order valence-electron chi connectivity index (χ4n) is 14.3. The molecule has 0 saturated carbocycles. The number of amides is 4. The fraction of sp³-hybridized carbons (Fsp3) is 0.366. The van der Waals surface area contributed by atoms with E-state index in [-0.39, 0.29) is 40.7 Å². The van der Waals surface area contributed by atoms with Crippen molar-refractivity contribution in [3.63, 3.8) is 0 Å². The number of carboxylic acid groups (broad SMARTS) is 2. The number of aromatic nitrogens is 12. The topological polar surface area (TPSA) is 319 Å². The average molecular weight is 1290 g/mol. The number of nitrogens with one attached hydrogen (secondary N) is 3. The third-order valence-corrected chi connectivity index (χ3v) is 18.0. The maximum atomic E-state index is 12.7. The molecule has 24 heteroatoms. The van der Waals surface area contributed by atoms with Gasteiger partial charge in [-0.15, -0.1) is 30.6 Å². The molecule has 0 radical (unpaired) electrons. The molecule has 24 nitrogen and oxygen atoms in total. The van der Waals surface area contributed by atoms with Crippen molar-refractivity contribution in [1.29, 1.82) is 0 Å². The number of tetrazole rings is 3. The summed E-state index contributed by atoms with van der Waals surface area (Å²) in [6.07, 6.45) is 3.84. The molecule has 492 valence electrons. The summed E-state index contributed by atoms with van der Waals surface area (Å²) in [6, 6.07) is 33.7. The molecule has 0 aliphatic heterocycles. The van der Waals surface area contributed by atoms with Crippen LogP contribution in [0.5, 0.6) is 0 Å². The van der Waals surface area contributed by atoms with Gasteiger partial charge >= 0.3 is 11.9 Å². The maximum absolute atomic E-state index is 12.7. The highest BCUT2D eigenvalue weighted by Crippen LogP contribution is 2.52. The molecule has 0 spiro atoms. The van der Waals surface area contributed by atoms with Gasteiger partial charge < -0.3 is 29.8 Å². The minimum atomic E-state index is -1.01. The molecule has 5 N–H and O–H groups in total. The number of benzene rings is 6. The summed E-state index contributed by atoms with van der Waals surface area (Å²) in [5, 5.41) is 64.5. The first kappa shape index (κ1) is 67.2. The molecule has 9 aromatic rings. The van der Waals surface area contributed by atoms with Crippen LogP contribution in [0.15, 0.2) is 109 Å². The third-order valence-electron chi connectivity index (χ3n) is 18.0. The van der Waals surface area contributed by atoms with E-state index in [1.807, 2.05) is 84.9 Å².